The van der Waals surface area contributed by atoms with Gasteiger partial charge in [-0.15, -0.1) is 0 Å². The highest BCUT2D eigenvalue weighted by molar-refractivity contribution is 6.31. The Morgan fingerprint density at radius 1 is 1.52 bits per heavy atom. The van der Waals surface area contributed by atoms with Gasteiger partial charge in [-0.25, -0.2) is 0 Å². The van der Waals surface area contributed by atoms with Crippen molar-refractivity contribution in [1.29, 1.82) is 0 Å². The largest absolute Gasteiger partial charge is 0.337 e. The van der Waals surface area contributed by atoms with Gasteiger partial charge in [0.05, 0.1) is 4.92 Å². The minimum atomic E-state index is -0.620. The summed E-state index contributed by atoms with van der Waals surface area (Å²) in [5.74, 6) is -0.467. The molecule has 1 saturated heterocycles. The fraction of sp³-hybridized carbons (Fsp3) is 0.429. The normalized spacial score (nSPS) is 18.7. The maximum Gasteiger partial charge on any atom is 0.283 e. The maximum absolute atomic E-state index is 12.5. The monoisotopic (exact) mass is 310 g/mol. The molecule has 1 aromatic carbocycles. The molecular weight excluding hydrogens is 296 g/mol. The first-order valence-corrected chi connectivity index (χ1v) is 7.07. The van der Waals surface area contributed by atoms with Gasteiger partial charge < -0.3 is 4.90 Å². The molecule has 1 amide bonds. The Morgan fingerprint density at radius 3 is 2.86 bits per heavy atom. The van der Waals surface area contributed by atoms with E-state index in [9.17, 15) is 19.7 Å². The number of hydrogen-bond acceptors (Lipinski definition) is 4. The molecule has 0 saturated carbocycles. The molecule has 0 bridgehead atoms. The summed E-state index contributed by atoms with van der Waals surface area (Å²) in [5, 5.41) is 11.3. The zero-order valence-electron chi connectivity index (χ0n) is 11.5. The summed E-state index contributed by atoms with van der Waals surface area (Å²) in [4.78, 5) is 36.1. The van der Waals surface area contributed by atoms with Crippen LogP contribution < -0.4 is 0 Å². The van der Waals surface area contributed by atoms with Crippen molar-refractivity contribution in [3.8, 4) is 0 Å². The van der Waals surface area contributed by atoms with Gasteiger partial charge in [0.2, 0.25) is 0 Å². The molecule has 6 nitrogen and oxygen atoms in total. The van der Waals surface area contributed by atoms with E-state index in [-0.39, 0.29) is 28.0 Å². The van der Waals surface area contributed by atoms with Crippen molar-refractivity contribution >= 4 is 29.0 Å². The van der Waals surface area contributed by atoms with E-state index in [1.807, 2.05) is 6.92 Å². The van der Waals surface area contributed by atoms with E-state index in [0.717, 1.165) is 0 Å². The predicted molar refractivity (Wildman–Crippen MR) is 77.4 cm³/mol. The zero-order chi connectivity index (χ0) is 15.6. The second-order valence-electron chi connectivity index (χ2n) is 4.99. The number of benzene rings is 1. The van der Waals surface area contributed by atoms with Crippen molar-refractivity contribution in [2.75, 3.05) is 13.1 Å². The molecule has 1 aromatic rings. The summed E-state index contributed by atoms with van der Waals surface area (Å²) in [6, 6.07) is 3.98. The van der Waals surface area contributed by atoms with Gasteiger partial charge in [0, 0.05) is 36.5 Å². The lowest BCUT2D eigenvalue weighted by atomic mass is 9.93. The molecule has 2 rings (SSSR count). The van der Waals surface area contributed by atoms with Crippen LogP contribution in [0.15, 0.2) is 18.2 Å². The number of amides is 1. The molecule has 7 heteroatoms. The Bertz CT molecular complexity index is 603. The first kappa shape index (κ1) is 15.4. The van der Waals surface area contributed by atoms with Crippen LogP contribution in [0.4, 0.5) is 5.69 Å². The number of rotatable bonds is 3. The van der Waals surface area contributed by atoms with E-state index in [4.69, 9.17) is 11.6 Å². The van der Waals surface area contributed by atoms with Crippen LogP contribution in [0.3, 0.4) is 0 Å². The molecule has 1 unspecified atom stereocenters. The number of hydrogen-bond donors (Lipinski definition) is 0. The third-order valence-electron chi connectivity index (χ3n) is 3.69. The van der Waals surface area contributed by atoms with Crippen molar-refractivity contribution in [1.82, 2.24) is 4.90 Å². The van der Waals surface area contributed by atoms with Crippen LogP contribution in [0.25, 0.3) is 0 Å². The molecule has 0 aliphatic carbocycles. The molecule has 1 aliphatic heterocycles. The minimum Gasteiger partial charge on any atom is -0.337 e. The third kappa shape index (κ3) is 3.21. The fourth-order valence-corrected chi connectivity index (χ4v) is 2.62. The number of carbonyl (C=O) groups excluding carboxylic acids is 2. The number of halogens is 1. The average Bonchev–Trinajstić information content (AvgIpc) is 2.47. The lowest BCUT2D eigenvalue weighted by molar-refractivity contribution is -0.385. The Labute approximate surface area is 126 Å². The molecule has 0 radical (unpaired) electrons. The van der Waals surface area contributed by atoms with Crippen LogP contribution in [0.2, 0.25) is 5.02 Å². The van der Waals surface area contributed by atoms with Crippen LogP contribution in [0.1, 0.15) is 30.1 Å². The van der Waals surface area contributed by atoms with E-state index in [0.29, 0.717) is 25.9 Å². The lowest BCUT2D eigenvalue weighted by Gasteiger charge is -2.31. The van der Waals surface area contributed by atoms with Crippen molar-refractivity contribution in [3.05, 3.63) is 38.9 Å². The molecule has 1 aliphatic rings. The summed E-state index contributed by atoms with van der Waals surface area (Å²) < 4.78 is 0. The zero-order valence-corrected chi connectivity index (χ0v) is 12.3. The number of nitro groups is 1. The maximum atomic E-state index is 12.5. The van der Waals surface area contributed by atoms with Crippen molar-refractivity contribution < 1.29 is 14.5 Å². The Hall–Kier alpha value is -1.95. The van der Waals surface area contributed by atoms with Gasteiger partial charge in [0.1, 0.15) is 11.3 Å². The average molecular weight is 311 g/mol. The van der Waals surface area contributed by atoms with Gasteiger partial charge in [0.15, 0.2) is 0 Å². The van der Waals surface area contributed by atoms with Gasteiger partial charge >= 0.3 is 0 Å². The summed E-state index contributed by atoms with van der Waals surface area (Å²) in [6.07, 6.45) is 0.955. The quantitative estimate of drug-likeness (QED) is 0.635. The number of Topliss-reactive ketones (excluding diaryl/α,β-unsaturated/α-hetero) is 1. The number of nitrogens with zero attached hydrogens (tertiary/aromatic N) is 2. The van der Waals surface area contributed by atoms with E-state index in [1.165, 1.54) is 23.1 Å². The van der Waals surface area contributed by atoms with E-state index < -0.39 is 10.8 Å². The van der Waals surface area contributed by atoms with Crippen molar-refractivity contribution in [2.45, 2.75) is 19.8 Å². The summed E-state index contributed by atoms with van der Waals surface area (Å²) >= 11 is 5.74. The molecule has 0 spiro atoms. The fourth-order valence-electron chi connectivity index (χ4n) is 2.46. The third-order valence-corrected chi connectivity index (χ3v) is 3.93. The first-order valence-electron chi connectivity index (χ1n) is 6.70. The lowest BCUT2D eigenvalue weighted by Crippen LogP contribution is -2.44. The highest BCUT2D eigenvalue weighted by Gasteiger charge is 2.31. The van der Waals surface area contributed by atoms with Gasteiger partial charge in [-0.2, -0.15) is 0 Å². The van der Waals surface area contributed by atoms with E-state index in [2.05, 4.69) is 0 Å². The van der Waals surface area contributed by atoms with Gasteiger partial charge in [-0.3, -0.25) is 19.7 Å². The molecule has 1 fully saturated rings. The molecular formula is C14H15ClN2O4. The number of likely N-dealkylation sites (tertiary alicyclic amines) is 1. The summed E-state index contributed by atoms with van der Waals surface area (Å²) in [6.45, 7) is 2.50. The first-order chi connectivity index (χ1) is 9.93. The standard InChI is InChI=1S/C14H15ClN2O4/c1-2-9-8-16(6-5-13(9)18)14(19)11-4-3-10(15)7-12(11)17(20)21/h3-4,7,9H,2,5-6,8H2,1H3. The topological polar surface area (TPSA) is 80.5 Å². The van der Waals surface area contributed by atoms with E-state index >= 15 is 0 Å². The molecule has 0 aromatic heterocycles. The van der Waals surface area contributed by atoms with Gasteiger partial charge in [-0.1, -0.05) is 18.5 Å². The second-order valence-corrected chi connectivity index (χ2v) is 5.43. The Morgan fingerprint density at radius 2 is 2.24 bits per heavy atom. The Balaban J connectivity index is 2.28. The molecule has 112 valence electrons. The molecule has 21 heavy (non-hydrogen) atoms. The number of carbonyl (C=O) groups is 2. The SMILES string of the molecule is CCC1CN(C(=O)c2ccc(Cl)cc2[N+](=O)[O-])CCC1=O. The number of piperidine rings is 1. The molecule has 0 N–H and O–H groups in total. The minimum absolute atomic E-state index is 0.00796. The molecule has 1 atom stereocenters. The molecule has 1 heterocycles. The van der Waals surface area contributed by atoms with Crippen LogP contribution in [0.5, 0.6) is 0 Å². The summed E-state index contributed by atoms with van der Waals surface area (Å²) in [5.41, 5.74) is -0.300. The van der Waals surface area contributed by atoms with Crippen LogP contribution >= 0.6 is 11.6 Å². The number of ketones is 1. The van der Waals surface area contributed by atoms with Crippen molar-refractivity contribution in [3.63, 3.8) is 0 Å². The summed E-state index contributed by atoms with van der Waals surface area (Å²) in [7, 11) is 0. The van der Waals surface area contributed by atoms with E-state index in [1.54, 1.807) is 0 Å². The van der Waals surface area contributed by atoms with Crippen LogP contribution in [0, 0.1) is 16.0 Å². The Kier molecular flexibility index (Phi) is 4.57. The van der Waals surface area contributed by atoms with Crippen molar-refractivity contribution in [2.24, 2.45) is 5.92 Å². The second kappa shape index (κ2) is 6.22. The van der Waals surface area contributed by atoms with Gasteiger partial charge in [-0.05, 0) is 18.6 Å². The van der Waals surface area contributed by atoms with Crippen LogP contribution in [-0.2, 0) is 4.79 Å². The smallest absolute Gasteiger partial charge is 0.283 e. The van der Waals surface area contributed by atoms with Gasteiger partial charge in [0.25, 0.3) is 11.6 Å². The van der Waals surface area contributed by atoms with Crippen LogP contribution in [-0.4, -0.2) is 34.6 Å². The highest BCUT2D eigenvalue weighted by Crippen LogP contribution is 2.26. The predicted octanol–water partition coefficient (Wildman–Crippen LogP) is 2.69. The number of nitro benzene ring substituents is 1. The highest BCUT2D eigenvalue weighted by atomic mass is 35.5.